The van der Waals surface area contributed by atoms with Gasteiger partial charge >= 0.3 is 0 Å². The van der Waals surface area contributed by atoms with Gasteiger partial charge in [-0.15, -0.1) is 0 Å². The number of nitrogens with zero attached hydrogens (tertiary/aromatic N) is 6. The second-order valence-electron chi connectivity index (χ2n) is 11.7. The van der Waals surface area contributed by atoms with E-state index in [0.717, 1.165) is 68.7 Å². The third-order valence-corrected chi connectivity index (χ3v) is 8.53. The molecule has 4 aromatic carbocycles. The predicted octanol–water partition coefficient (Wildman–Crippen LogP) is 9.80. The van der Waals surface area contributed by atoms with Crippen molar-refractivity contribution in [3.63, 3.8) is 0 Å². The first-order valence-electron chi connectivity index (χ1n) is 16.3. The highest BCUT2D eigenvalue weighted by Gasteiger charge is 2.17. The van der Waals surface area contributed by atoms with Gasteiger partial charge in [0.15, 0.2) is 0 Å². The molecule has 0 spiro atoms. The molecule has 0 bridgehead atoms. The minimum Gasteiger partial charge on any atom is -0.457 e. The molecule has 8 rings (SSSR count). The summed E-state index contributed by atoms with van der Waals surface area (Å²) in [7, 11) is 0. The lowest BCUT2D eigenvalue weighted by Gasteiger charge is -2.12. The van der Waals surface area contributed by atoms with Crippen LogP contribution >= 0.6 is 0 Å². The van der Waals surface area contributed by atoms with Crippen LogP contribution in [0.2, 0.25) is 0 Å². The third kappa shape index (κ3) is 6.07. The average Bonchev–Trinajstić information content (AvgIpc) is 3.48. The van der Waals surface area contributed by atoms with Gasteiger partial charge in [0, 0.05) is 46.4 Å². The second kappa shape index (κ2) is 13.0. The zero-order chi connectivity index (χ0) is 33.2. The molecule has 238 valence electrons. The number of ether oxygens (including phenoxy) is 2. The Hall–Kier alpha value is -6.41. The second-order valence-corrected chi connectivity index (χ2v) is 11.7. The standard InChI is InChI=1S/C41H32N6O2/c1-3-27-17-29(37-9-5-7-15-43-37)21-33(19-27)48-31-11-13-35-36-14-12-32(24-40(36)47(39(35)23-31)41-45-25-42-26-46-41)49-34-20-28(4-2)18-30(22-34)38-10-6-8-16-44-38/h5-26H,3-4H2,1-2H3. The Bertz CT molecular complexity index is 2260. The fourth-order valence-electron chi connectivity index (χ4n) is 6.15. The van der Waals surface area contributed by atoms with Crippen molar-refractivity contribution in [1.29, 1.82) is 0 Å². The maximum atomic E-state index is 6.53. The summed E-state index contributed by atoms with van der Waals surface area (Å²) in [5.41, 5.74) is 7.97. The van der Waals surface area contributed by atoms with Crippen LogP contribution in [-0.4, -0.2) is 29.5 Å². The van der Waals surface area contributed by atoms with Crippen LogP contribution in [0, 0.1) is 0 Å². The summed E-state index contributed by atoms with van der Waals surface area (Å²) in [6.07, 6.45) is 8.38. The molecule has 0 fully saturated rings. The fraction of sp³-hybridized carbons (Fsp3) is 0.0976. The molecule has 49 heavy (non-hydrogen) atoms. The van der Waals surface area contributed by atoms with Crippen LogP contribution in [0.3, 0.4) is 0 Å². The van der Waals surface area contributed by atoms with Gasteiger partial charge in [-0.2, -0.15) is 0 Å². The van der Waals surface area contributed by atoms with Gasteiger partial charge in [0.2, 0.25) is 5.95 Å². The Morgan fingerprint density at radius 3 is 1.47 bits per heavy atom. The number of benzene rings is 4. The number of hydrogen-bond donors (Lipinski definition) is 0. The van der Waals surface area contributed by atoms with E-state index in [1.54, 1.807) is 12.4 Å². The van der Waals surface area contributed by atoms with Crippen LogP contribution in [0.4, 0.5) is 0 Å². The van der Waals surface area contributed by atoms with Crippen molar-refractivity contribution >= 4 is 21.8 Å². The lowest BCUT2D eigenvalue weighted by atomic mass is 10.1. The summed E-state index contributed by atoms with van der Waals surface area (Å²) in [6, 6.07) is 36.6. The molecule has 0 N–H and O–H groups in total. The molecule has 0 saturated heterocycles. The van der Waals surface area contributed by atoms with E-state index in [4.69, 9.17) is 9.47 Å². The minimum absolute atomic E-state index is 0.500. The van der Waals surface area contributed by atoms with Crippen LogP contribution in [0.5, 0.6) is 23.0 Å². The highest BCUT2D eigenvalue weighted by Crippen LogP contribution is 2.38. The number of aromatic nitrogens is 6. The molecule has 0 radical (unpaired) electrons. The molecule has 0 aliphatic carbocycles. The van der Waals surface area contributed by atoms with Crippen LogP contribution in [0.15, 0.2) is 134 Å². The number of hydrogen-bond acceptors (Lipinski definition) is 7. The van der Waals surface area contributed by atoms with Gasteiger partial charge in [-0.05, 0) is 109 Å². The Morgan fingerprint density at radius 2 is 1.02 bits per heavy atom. The summed E-state index contributed by atoms with van der Waals surface area (Å²) in [5, 5.41) is 2.08. The lowest BCUT2D eigenvalue weighted by Crippen LogP contribution is -2.01. The van der Waals surface area contributed by atoms with Crippen LogP contribution in [0.25, 0.3) is 50.3 Å². The van der Waals surface area contributed by atoms with E-state index in [-0.39, 0.29) is 0 Å². The average molecular weight is 641 g/mol. The smallest absolute Gasteiger partial charge is 0.237 e. The maximum absolute atomic E-state index is 6.53. The van der Waals surface area contributed by atoms with Crippen molar-refractivity contribution in [1.82, 2.24) is 29.5 Å². The lowest BCUT2D eigenvalue weighted by molar-refractivity contribution is 0.482. The molecule has 0 aliphatic rings. The van der Waals surface area contributed by atoms with Gasteiger partial charge in [0.1, 0.15) is 35.7 Å². The van der Waals surface area contributed by atoms with Crippen molar-refractivity contribution in [3.05, 3.63) is 145 Å². The summed E-state index contributed by atoms with van der Waals surface area (Å²) in [4.78, 5) is 22.2. The molecular formula is C41H32N6O2. The minimum atomic E-state index is 0.500. The molecule has 4 heterocycles. The van der Waals surface area contributed by atoms with Crippen molar-refractivity contribution in [2.45, 2.75) is 26.7 Å². The van der Waals surface area contributed by atoms with E-state index in [2.05, 4.69) is 75.2 Å². The summed E-state index contributed by atoms with van der Waals surface area (Å²) < 4.78 is 15.1. The Kier molecular flexibility index (Phi) is 7.95. The van der Waals surface area contributed by atoms with Crippen LogP contribution < -0.4 is 9.47 Å². The molecule has 0 saturated carbocycles. The number of pyridine rings is 2. The first-order chi connectivity index (χ1) is 24.1. The fourth-order valence-corrected chi connectivity index (χ4v) is 6.15. The highest BCUT2D eigenvalue weighted by atomic mass is 16.5. The van der Waals surface area contributed by atoms with Crippen LogP contribution in [0.1, 0.15) is 25.0 Å². The summed E-state index contributed by atoms with van der Waals surface area (Å²) >= 11 is 0. The molecule has 8 nitrogen and oxygen atoms in total. The molecule has 8 heteroatoms. The predicted molar refractivity (Wildman–Crippen MR) is 192 cm³/mol. The number of fused-ring (bicyclic) bond motifs is 3. The van der Waals surface area contributed by atoms with Crippen molar-refractivity contribution in [2.75, 3.05) is 0 Å². The SMILES string of the molecule is CCc1cc(Oc2ccc3c4ccc(Oc5cc(CC)cc(-c6ccccn6)c5)cc4n(-c4ncncn4)c3c2)cc(-c2ccccn2)c1. The maximum Gasteiger partial charge on any atom is 0.237 e. The molecular weight excluding hydrogens is 608 g/mol. The molecule has 0 atom stereocenters. The zero-order valence-electron chi connectivity index (χ0n) is 27.1. The summed E-state index contributed by atoms with van der Waals surface area (Å²) in [6.45, 7) is 4.27. The Morgan fingerprint density at radius 1 is 0.510 bits per heavy atom. The topological polar surface area (TPSA) is 87.8 Å². The first kappa shape index (κ1) is 30.0. The van der Waals surface area contributed by atoms with E-state index in [0.29, 0.717) is 17.4 Å². The number of rotatable bonds is 9. The monoisotopic (exact) mass is 640 g/mol. The quantitative estimate of drug-likeness (QED) is 0.155. The van der Waals surface area contributed by atoms with Crippen molar-refractivity contribution in [2.24, 2.45) is 0 Å². The van der Waals surface area contributed by atoms with E-state index in [1.807, 2.05) is 77.4 Å². The molecule has 4 aromatic heterocycles. The summed E-state index contributed by atoms with van der Waals surface area (Å²) in [5.74, 6) is 3.39. The van der Waals surface area contributed by atoms with Crippen molar-refractivity contribution < 1.29 is 9.47 Å². The highest BCUT2D eigenvalue weighted by molar-refractivity contribution is 6.09. The number of aryl methyl sites for hydroxylation is 2. The van der Waals surface area contributed by atoms with E-state index >= 15 is 0 Å². The van der Waals surface area contributed by atoms with Gasteiger partial charge in [-0.1, -0.05) is 26.0 Å². The largest absolute Gasteiger partial charge is 0.457 e. The van der Waals surface area contributed by atoms with Crippen molar-refractivity contribution in [3.8, 4) is 51.5 Å². The van der Waals surface area contributed by atoms with Gasteiger partial charge in [-0.3, -0.25) is 14.5 Å². The third-order valence-electron chi connectivity index (χ3n) is 8.53. The first-order valence-corrected chi connectivity index (χ1v) is 16.3. The molecule has 8 aromatic rings. The van der Waals surface area contributed by atoms with Gasteiger partial charge in [0.25, 0.3) is 0 Å². The Labute approximate surface area is 283 Å². The van der Waals surface area contributed by atoms with Crippen LogP contribution in [-0.2, 0) is 12.8 Å². The van der Waals surface area contributed by atoms with E-state index in [1.165, 1.54) is 23.8 Å². The van der Waals surface area contributed by atoms with E-state index in [9.17, 15) is 0 Å². The van der Waals surface area contributed by atoms with Gasteiger partial charge < -0.3 is 9.47 Å². The molecule has 0 amide bonds. The molecule has 0 aliphatic heterocycles. The zero-order valence-corrected chi connectivity index (χ0v) is 27.1. The van der Waals surface area contributed by atoms with Gasteiger partial charge in [-0.25, -0.2) is 15.0 Å². The van der Waals surface area contributed by atoms with Gasteiger partial charge in [0.05, 0.1) is 22.4 Å². The normalized spacial score (nSPS) is 11.2. The molecule has 0 unspecified atom stereocenters. The Balaban J connectivity index is 1.21. The van der Waals surface area contributed by atoms with E-state index < -0.39 is 0 Å².